The number of allylic oxidation sites excluding steroid dienone is 1. The minimum atomic E-state index is 0.168. The van der Waals surface area contributed by atoms with Crippen molar-refractivity contribution in [3.8, 4) is 0 Å². The van der Waals surface area contributed by atoms with Crippen LogP contribution in [-0.4, -0.2) is 5.33 Å². The van der Waals surface area contributed by atoms with Crippen molar-refractivity contribution in [2.24, 2.45) is 5.41 Å². The molecule has 1 aromatic carbocycles. The smallest absolute Gasteiger partial charge is 0.0123 e. The summed E-state index contributed by atoms with van der Waals surface area (Å²) < 4.78 is 0. The van der Waals surface area contributed by atoms with Crippen molar-refractivity contribution in [3.05, 3.63) is 48.6 Å². The zero-order valence-corrected chi connectivity index (χ0v) is 9.55. The standard InChI is InChI=1S/C12H15Br/c1-3-12(2,10-13)9-11-7-5-4-6-8-11/h3-8H,1,9-10H2,2H3. The van der Waals surface area contributed by atoms with Crippen LogP contribution in [0.5, 0.6) is 0 Å². The topological polar surface area (TPSA) is 0 Å². The van der Waals surface area contributed by atoms with E-state index in [0.717, 1.165) is 11.8 Å². The summed E-state index contributed by atoms with van der Waals surface area (Å²) in [6, 6.07) is 10.5. The lowest BCUT2D eigenvalue weighted by molar-refractivity contribution is 0.493. The summed E-state index contributed by atoms with van der Waals surface area (Å²) in [5.74, 6) is 0. The fraction of sp³-hybridized carbons (Fsp3) is 0.333. The molecule has 70 valence electrons. The van der Waals surface area contributed by atoms with Crippen molar-refractivity contribution in [2.75, 3.05) is 5.33 Å². The Morgan fingerprint density at radius 2 is 2.00 bits per heavy atom. The van der Waals surface area contributed by atoms with E-state index in [0.29, 0.717) is 0 Å². The summed E-state index contributed by atoms with van der Waals surface area (Å²) in [6.07, 6.45) is 3.07. The van der Waals surface area contributed by atoms with Gasteiger partial charge in [0.25, 0.3) is 0 Å². The fourth-order valence-electron chi connectivity index (χ4n) is 1.24. The van der Waals surface area contributed by atoms with Crippen LogP contribution in [-0.2, 0) is 6.42 Å². The molecule has 0 bridgehead atoms. The number of hydrogen-bond acceptors (Lipinski definition) is 0. The molecule has 1 rings (SSSR count). The minimum Gasteiger partial charge on any atom is -0.102 e. The van der Waals surface area contributed by atoms with Crippen molar-refractivity contribution in [2.45, 2.75) is 13.3 Å². The van der Waals surface area contributed by atoms with Gasteiger partial charge in [0.2, 0.25) is 0 Å². The molecule has 13 heavy (non-hydrogen) atoms. The molecular formula is C12H15Br. The van der Waals surface area contributed by atoms with Gasteiger partial charge in [0, 0.05) is 5.33 Å². The van der Waals surface area contributed by atoms with E-state index in [1.165, 1.54) is 5.56 Å². The lowest BCUT2D eigenvalue weighted by Crippen LogP contribution is -2.17. The zero-order chi connectivity index (χ0) is 9.73. The number of rotatable bonds is 4. The molecule has 0 radical (unpaired) electrons. The maximum atomic E-state index is 3.87. The highest BCUT2D eigenvalue weighted by Crippen LogP contribution is 2.25. The molecule has 0 aliphatic carbocycles. The Labute approximate surface area is 88.8 Å². The Kier molecular flexibility index (Phi) is 3.73. The molecular weight excluding hydrogens is 224 g/mol. The van der Waals surface area contributed by atoms with Crippen LogP contribution in [0.25, 0.3) is 0 Å². The number of halogens is 1. The Morgan fingerprint density at radius 1 is 1.38 bits per heavy atom. The second-order valence-electron chi connectivity index (χ2n) is 3.65. The monoisotopic (exact) mass is 238 g/mol. The van der Waals surface area contributed by atoms with E-state index in [2.05, 4.69) is 53.7 Å². The highest BCUT2D eigenvalue weighted by atomic mass is 79.9. The summed E-state index contributed by atoms with van der Waals surface area (Å²) in [5.41, 5.74) is 1.53. The van der Waals surface area contributed by atoms with Crippen LogP contribution in [0.15, 0.2) is 43.0 Å². The second kappa shape index (κ2) is 4.61. The lowest BCUT2D eigenvalue weighted by Gasteiger charge is -2.22. The van der Waals surface area contributed by atoms with E-state index in [4.69, 9.17) is 0 Å². The molecule has 0 nitrogen and oxygen atoms in total. The van der Waals surface area contributed by atoms with Gasteiger partial charge in [-0.2, -0.15) is 0 Å². The largest absolute Gasteiger partial charge is 0.102 e. The molecule has 0 N–H and O–H groups in total. The van der Waals surface area contributed by atoms with E-state index in [-0.39, 0.29) is 5.41 Å². The van der Waals surface area contributed by atoms with Gasteiger partial charge in [-0.1, -0.05) is 59.3 Å². The van der Waals surface area contributed by atoms with Crippen LogP contribution in [0, 0.1) is 5.41 Å². The Morgan fingerprint density at radius 3 is 2.46 bits per heavy atom. The maximum Gasteiger partial charge on any atom is 0.0123 e. The normalized spacial score (nSPS) is 14.9. The summed E-state index contributed by atoms with van der Waals surface area (Å²) in [5, 5.41) is 0.957. The molecule has 1 unspecified atom stereocenters. The number of hydrogen-bond donors (Lipinski definition) is 0. The Hall–Kier alpha value is -0.560. The van der Waals surface area contributed by atoms with Gasteiger partial charge in [0.05, 0.1) is 0 Å². The third kappa shape index (κ3) is 3.00. The molecule has 1 aromatic rings. The highest BCUT2D eigenvalue weighted by Gasteiger charge is 2.18. The van der Waals surface area contributed by atoms with E-state index >= 15 is 0 Å². The van der Waals surface area contributed by atoms with Crippen molar-refractivity contribution in [1.82, 2.24) is 0 Å². The fourth-order valence-corrected chi connectivity index (χ4v) is 1.66. The quantitative estimate of drug-likeness (QED) is 0.553. The van der Waals surface area contributed by atoms with Crippen molar-refractivity contribution in [3.63, 3.8) is 0 Å². The molecule has 0 aromatic heterocycles. The molecule has 0 heterocycles. The summed E-state index contributed by atoms with van der Waals surface area (Å²) >= 11 is 3.52. The predicted octanol–water partition coefficient (Wildman–Crippen LogP) is 3.82. The number of alkyl halides is 1. The molecule has 0 spiro atoms. The first-order valence-electron chi connectivity index (χ1n) is 4.44. The first-order valence-corrected chi connectivity index (χ1v) is 5.56. The predicted molar refractivity (Wildman–Crippen MR) is 62.2 cm³/mol. The van der Waals surface area contributed by atoms with Crippen LogP contribution >= 0.6 is 15.9 Å². The van der Waals surface area contributed by atoms with E-state index < -0.39 is 0 Å². The van der Waals surface area contributed by atoms with E-state index in [9.17, 15) is 0 Å². The molecule has 0 fully saturated rings. The molecule has 1 heteroatoms. The summed E-state index contributed by atoms with van der Waals surface area (Å²) in [6.45, 7) is 6.08. The van der Waals surface area contributed by atoms with Gasteiger partial charge in [0.15, 0.2) is 0 Å². The van der Waals surface area contributed by atoms with Gasteiger partial charge < -0.3 is 0 Å². The second-order valence-corrected chi connectivity index (χ2v) is 4.21. The van der Waals surface area contributed by atoms with Gasteiger partial charge in [0.1, 0.15) is 0 Å². The molecule has 0 amide bonds. The SMILES string of the molecule is C=CC(C)(CBr)Cc1ccccc1. The number of benzene rings is 1. The zero-order valence-electron chi connectivity index (χ0n) is 7.96. The molecule has 0 saturated carbocycles. The third-order valence-corrected chi connectivity index (χ3v) is 3.53. The van der Waals surface area contributed by atoms with Gasteiger partial charge in [-0.05, 0) is 17.4 Å². The van der Waals surface area contributed by atoms with Crippen LogP contribution in [0.2, 0.25) is 0 Å². The van der Waals surface area contributed by atoms with Crippen LogP contribution in [0.4, 0.5) is 0 Å². The minimum absolute atomic E-state index is 0.168. The van der Waals surface area contributed by atoms with E-state index in [1.807, 2.05) is 12.1 Å². The first kappa shape index (κ1) is 10.5. The third-order valence-electron chi connectivity index (χ3n) is 2.25. The molecule has 0 saturated heterocycles. The molecule has 1 atom stereocenters. The maximum absolute atomic E-state index is 3.87. The average molecular weight is 239 g/mol. The average Bonchev–Trinajstić information content (AvgIpc) is 2.19. The van der Waals surface area contributed by atoms with Crippen molar-refractivity contribution in [1.29, 1.82) is 0 Å². The summed E-state index contributed by atoms with van der Waals surface area (Å²) in [7, 11) is 0. The Bertz CT molecular complexity index is 266. The van der Waals surface area contributed by atoms with Crippen LogP contribution in [0.1, 0.15) is 12.5 Å². The van der Waals surface area contributed by atoms with Crippen molar-refractivity contribution >= 4 is 15.9 Å². The summed E-state index contributed by atoms with van der Waals surface area (Å²) in [4.78, 5) is 0. The van der Waals surface area contributed by atoms with Gasteiger partial charge in [-0.15, -0.1) is 6.58 Å². The highest BCUT2D eigenvalue weighted by molar-refractivity contribution is 9.09. The lowest BCUT2D eigenvalue weighted by atomic mass is 9.86. The first-order chi connectivity index (χ1) is 6.20. The van der Waals surface area contributed by atoms with Crippen LogP contribution in [0.3, 0.4) is 0 Å². The van der Waals surface area contributed by atoms with Crippen LogP contribution < -0.4 is 0 Å². The van der Waals surface area contributed by atoms with Gasteiger partial charge in [-0.3, -0.25) is 0 Å². The van der Waals surface area contributed by atoms with E-state index in [1.54, 1.807) is 0 Å². The van der Waals surface area contributed by atoms with Gasteiger partial charge >= 0.3 is 0 Å². The Balaban J connectivity index is 2.73. The van der Waals surface area contributed by atoms with Crippen molar-refractivity contribution < 1.29 is 0 Å². The van der Waals surface area contributed by atoms with Gasteiger partial charge in [-0.25, -0.2) is 0 Å². The molecule has 0 aliphatic rings. The molecule has 0 aliphatic heterocycles.